The van der Waals surface area contributed by atoms with Crippen molar-refractivity contribution < 1.29 is 8.42 Å². The number of thioether (sulfide) groups is 1. The average Bonchev–Trinajstić information content (AvgIpc) is 3.00. The molecule has 0 bridgehead atoms. The molecule has 24 heavy (non-hydrogen) atoms. The van der Waals surface area contributed by atoms with E-state index in [2.05, 4.69) is 5.32 Å². The van der Waals surface area contributed by atoms with Crippen molar-refractivity contribution in [2.45, 2.75) is 11.8 Å². The Morgan fingerprint density at radius 3 is 2.62 bits per heavy atom. The number of hydrogen-bond acceptors (Lipinski definition) is 4. The molecule has 3 aromatic rings. The minimum absolute atomic E-state index is 0.269. The highest BCUT2D eigenvalue weighted by Crippen LogP contribution is 2.25. The van der Waals surface area contributed by atoms with Crippen molar-refractivity contribution in [2.75, 3.05) is 11.1 Å². The summed E-state index contributed by atoms with van der Waals surface area (Å²) in [6, 6.07) is 15.7. The monoisotopic (exact) mass is 376 g/mol. The number of rotatable bonds is 4. The number of thiocarbonyl (C=S) groups is 1. The summed E-state index contributed by atoms with van der Waals surface area (Å²) in [5.74, 6) is 0.903. The van der Waals surface area contributed by atoms with Crippen LogP contribution < -0.4 is 5.32 Å². The maximum Gasteiger partial charge on any atom is 0.268 e. The van der Waals surface area contributed by atoms with Crippen molar-refractivity contribution >= 4 is 54.9 Å². The van der Waals surface area contributed by atoms with E-state index in [0.29, 0.717) is 9.84 Å². The molecule has 0 radical (unpaired) electrons. The average molecular weight is 377 g/mol. The molecule has 0 spiro atoms. The highest BCUT2D eigenvalue weighted by molar-refractivity contribution is 8.23. The van der Waals surface area contributed by atoms with Crippen LogP contribution in [-0.4, -0.2) is 22.5 Å². The lowest BCUT2D eigenvalue weighted by Crippen LogP contribution is -2.11. The van der Waals surface area contributed by atoms with Gasteiger partial charge in [0.25, 0.3) is 10.0 Å². The normalized spacial score (nSPS) is 11.5. The zero-order chi connectivity index (χ0) is 17.2. The van der Waals surface area contributed by atoms with Crippen LogP contribution in [0.5, 0.6) is 0 Å². The van der Waals surface area contributed by atoms with Gasteiger partial charge >= 0.3 is 0 Å². The van der Waals surface area contributed by atoms with E-state index in [-0.39, 0.29) is 4.90 Å². The number of hydrogen-bond donors (Lipinski definition) is 1. The molecule has 0 saturated carbocycles. The van der Waals surface area contributed by atoms with Crippen molar-refractivity contribution in [2.24, 2.45) is 0 Å². The maximum atomic E-state index is 12.8. The summed E-state index contributed by atoms with van der Waals surface area (Å²) < 4.78 is 27.6. The molecule has 0 aliphatic carbocycles. The van der Waals surface area contributed by atoms with E-state index in [0.717, 1.165) is 16.8 Å². The summed E-state index contributed by atoms with van der Waals surface area (Å²) in [6.45, 7) is 2.04. The van der Waals surface area contributed by atoms with Gasteiger partial charge in [-0.2, -0.15) is 0 Å². The van der Waals surface area contributed by atoms with Crippen LogP contribution in [0.4, 0.5) is 5.69 Å². The fourth-order valence-electron chi connectivity index (χ4n) is 2.40. The Balaban J connectivity index is 1.99. The smallest absolute Gasteiger partial charge is 0.268 e. The van der Waals surface area contributed by atoms with Crippen LogP contribution in [0, 0.1) is 0 Å². The molecule has 0 aliphatic heterocycles. The molecule has 0 amide bonds. The fourth-order valence-corrected chi connectivity index (χ4v) is 4.69. The third-order valence-corrected chi connectivity index (χ3v) is 6.29. The molecule has 2 aromatic carbocycles. The number of fused-ring (bicyclic) bond motifs is 1. The Hall–Kier alpha value is -1.83. The number of anilines is 1. The van der Waals surface area contributed by atoms with Crippen LogP contribution in [0.15, 0.2) is 65.7 Å². The van der Waals surface area contributed by atoms with E-state index >= 15 is 0 Å². The number of aromatic nitrogens is 1. The summed E-state index contributed by atoms with van der Waals surface area (Å²) >= 11 is 6.79. The summed E-state index contributed by atoms with van der Waals surface area (Å²) in [5.41, 5.74) is 1.49. The first-order chi connectivity index (χ1) is 11.5. The van der Waals surface area contributed by atoms with Gasteiger partial charge in [-0.05, 0) is 42.2 Å². The molecule has 4 nitrogen and oxygen atoms in total. The first kappa shape index (κ1) is 17.0. The molecule has 7 heteroatoms. The quantitative estimate of drug-likeness (QED) is 0.687. The molecule has 1 heterocycles. The van der Waals surface area contributed by atoms with Gasteiger partial charge in [0.05, 0.1) is 10.4 Å². The Kier molecular flexibility index (Phi) is 4.93. The van der Waals surface area contributed by atoms with Crippen LogP contribution in [0.2, 0.25) is 0 Å². The summed E-state index contributed by atoms with van der Waals surface area (Å²) in [5, 5.41) is 3.99. The van der Waals surface area contributed by atoms with Crippen molar-refractivity contribution in [3.8, 4) is 0 Å². The van der Waals surface area contributed by atoms with Crippen LogP contribution in [0.25, 0.3) is 10.9 Å². The van der Waals surface area contributed by atoms with Gasteiger partial charge in [-0.1, -0.05) is 49.1 Å². The second kappa shape index (κ2) is 6.96. The molecule has 1 aromatic heterocycles. The van der Waals surface area contributed by atoms with E-state index < -0.39 is 10.0 Å². The molecule has 0 aliphatic rings. The zero-order valence-corrected chi connectivity index (χ0v) is 15.4. The van der Waals surface area contributed by atoms with E-state index in [4.69, 9.17) is 12.2 Å². The van der Waals surface area contributed by atoms with E-state index in [9.17, 15) is 8.42 Å². The van der Waals surface area contributed by atoms with Gasteiger partial charge in [0.2, 0.25) is 0 Å². The SMILES string of the molecule is CCSC(=S)Nc1ccc2c(ccn2S(=O)(=O)c2ccccc2)c1. The Bertz CT molecular complexity index is 979. The molecule has 0 atom stereocenters. The van der Waals surface area contributed by atoms with Crippen molar-refractivity contribution in [3.05, 3.63) is 60.8 Å². The van der Waals surface area contributed by atoms with E-state index in [1.807, 2.05) is 19.1 Å². The first-order valence-corrected chi connectivity index (χ1v) is 10.2. The van der Waals surface area contributed by atoms with Gasteiger partial charge in [0, 0.05) is 17.3 Å². The van der Waals surface area contributed by atoms with E-state index in [1.165, 1.54) is 3.97 Å². The van der Waals surface area contributed by atoms with Crippen LogP contribution in [-0.2, 0) is 10.0 Å². The second-order valence-electron chi connectivity index (χ2n) is 5.05. The predicted molar refractivity (Wildman–Crippen MR) is 105 cm³/mol. The highest BCUT2D eigenvalue weighted by Gasteiger charge is 2.18. The first-order valence-electron chi connectivity index (χ1n) is 7.38. The maximum absolute atomic E-state index is 12.8. The number of nitrogens with one attached hydrogen (secondary N) is 1. The molecule has 1 N–H and O–H groups in total. The highest BCUT2D eigenvalue weighted by atomic mass is 32.2. The van der Waals surface area contributed by atoms with E-state index in [1.54, 1.807) is 60.4 Å². The Morgan fingerprint density at radius 2 is 1.92 bits per heavy atom. The van der Waals surface area contributed by atoms with Crippen LogP contribution >= 0.6 is 24.0 Å². The standard InChI is InChI=1S/C17H16N2O2S3/c1-2-23-17(22)18-14-8-9-16-13(12-14)10-11-19(16)24(20,21)15-6-4-3-5-7-15/h3-12H,2H2,1H3,(H,18,22). The van der Waals surface area contributed by atoms with Crippen LogP contribution in [0.1, 0.15) is 6.92 Å². The van der Waals surface area contributed by atoms with Crippen molar-refractivity contribution in [3.63, 3.8) is 0 Å². The molecule has 124 valence electrons. The van der Waals surface area contributed by atoms with Gasteiger partial charge < -0.3 is 5.32 Å². The van der Waals surface area contributed by atoms with Crippen LogP contribution in [0.3, 0.4) is 0 Å². The summed E-state index contributed by atoms with van der Waals surface area (Å²) in [7, 11) is -3.60. The second-order valence-corrected chi connectivity index (χ2v) is 8.80. The Labute approximate surface area is 150 Å². The Morgan fingerprint density at radius 1 is 1.17 bits per heavy atom. The third kappa shape index (κ3) is 3.33. The molecular weight excluding hydrogens is 360 g/mol. The lowest BCUT2D eigenvalue weighted by atomic mass is 10.2. The minimum atomic E-state index is -3.60. The minimum Gasteiger partial charge on any atom is -0.341 e. The fraction of sp³-hybridized carbons (Fsp3) is 0.118. The molecule has 0 fully saturated rings. The van der Waals surface area contributed by atoms with Gasteiger partial charge in [-0.3, -0.25) is 0 Å². The lowest BCUT2D eigenvalue weighted by molar-refractivity contribution is 0.589. The van der Waals surface area contributed by atoms with Gasteiger partial charge in [0.15, 0.2) is 0 Å². The van der Waals surface area contributed by atoms with Gasteiger partial charge in [-0.15, -0.1) is 0 Å². The largest absolute Gasteiger partial charge is 0.341 e. The van der Waals surface area contributed by atoms with Gasteiger partial charge in [-0.25, -0.2) is 12.4 Å². The number of benzene rings is 2. The molecule has 0 saturated heterocycles. The molecule has 3 rings (SSSR count). The third-order valence-electron chi connectivity index (χ3n) is 3.48. The van der Waals surface area contributed by atoms with Gasteiger partial charge in [0.1, 0.15) is 4.32 Å². The van der Waals surface area contributed by atoms with Crippen molar-refractivity contribution in [1.82, 2.24) is 3.97 Å². The molecular formula is C17H16N2O2S3. The predicted octanol–water partition coefficient (Wildman–Crippen LogP) is 4.33. The number of nitrogens with zero attached hydrogens (tertiary/aromatic N) is 1. The molecule has 0 unspecified atom stereocenters. The summed E-state index contributed by atoms with van der Waals surface area (Å²) in [6.07, 6.45) is 1.58. The lowest BCUT2D eigenvalue weighted by Gasteiger charge is -2.09. The summed E-state index contributed by atoms with van der Waals surface area (Å²) in [4.78, 5) is 0.269. The zero-order valence-electron chi connectivity index (χ0n) is 13.0. The van der Waals surface area contributed by atoms with Crippen molar-refractivity contribution in [1.29, 1.82) is 0 Å². The topological polar surface area (TPSA) is 51.1 Å².